The molecule has 0 unspecified atom stereocenters. The Hall–Kier alpha value is -7.23. The number of hydrogen-bond acceptors (Lipinski definition) is 1. The van der Waals surface area contributed by atoms with Gasteiger partial charge >= 0.3 is 0 Å². The molecule has 0 radical (unpaired) electrons. The lowest BCUT2D eigenvalue weighted by Gasteiger charge is -2.28. The summed E-state index contributed by atoms with van der Waals surface area (Å²) in [5, 5.41) is 4.68. The summed E-state index contributed by atoms with van der Waals surface area (Å²) in [6.45, 7) is 0. The summed E-state index contributed by atoms with van der Waals surface area (Å²) in [6, 6.07) is 66.8. The number of rotatable bonds is 4. The highest BCUT2D eigenvalue weighted by Crippen LogP contribution is 2.57. The first-order chi connectivity index (χ1) is 27.2. The van der Waals surface area contributed by atoms with E-state index in [2.05, 4.69) is 173 Å². The van der Waals surface area contributed by atoms with Gasteiger partial charge in [-0.2, -0.15) is 0 Å². The molecule has 6 bridgehead atoms. The van der Waals surface area contributed by atoms with Gasteiger partial charge in [-0.15, -0.1) is 0 Å². The fourth-order valence-electron chi connectivity index (χ4n) is 9.36. The van der Waals surface area contributed by atoms with Gasteiger partial charge in [-0.3, -0.25) is 0 Å². The fraction of sp³-hybridized carbons (Fsp3) is 0. The number of halogens is 1. The summed E-state index contributed by atoms with van der Waals surface area (Å²) in [6.07, 6.45) is 0. The number of anilines is 3. The molecule has 0 N–H and O–H groups in total. The van der Waals surface area contributed by atoms with Crippen LogP contribution in [-0.2, 0) is 0 Å². The standard InChI is InChI=1S/C52H31FN2/c53-34-20-23-35(24-21-34)55-49-18-6-5-12-41(49)47-30-38(26-28-50(47)55)54(36-22-19-32-9-1-2-10-33(32)29-36)37-25-27-40-44-15-8-16-45-46-17-7-14-43(52(46)48(40)31-37)39-11-3-4-13-42(39)51(44)45/h1-31H. The van der Waals surface area contributed by atoms with Crippen LogP contribution in [0.5, 0.6) is 0 Å². The second-order valence-corrected chi connectivity index (χ2v) is 14.6. The number of aromatic nitrogens is 1. The molecule has 0 aliphatic heterocycles. The van der Waals surface area contributed by atoms with Gasteiger partial charge in [0.1, 0.15) is 5.82 Å². The van der Waals surface area contributed by atoms with E-state index >= 15 is 0 Å². The number of para-hydroxylation sites is 1. The number of hydrogen-bond donors (Lipinski definition) is 0. The van der Waals surface area contributed by atoms with Crippen molar-refractivity contribution in [3.63, 3.8) is 0 Å². The van der Waals surface area contributed by atoms with Gasteiger partial charge in [0.15, 0.2) is 0 Å². The Labute approximate surface area is 317 Å². The molecule has 2 aliphatic carbocycles. The third-order valence-corrected chi connectivity index (χ3v) is 11.7. The molecule has 3 heteroatoms. The van der Waals surface area contributed by atoms with Crippen molar-refractivity contribution < 1.29 is 4.39 Å². The van der Waals surface area contributed by atoms with Crippen LogP contribution in [0.3, 0.4) is 0 Å². The maximum atomic E-state index is 14.1. The van der Waals surface area contributed by atoms with Gasteiger partial charge in [0.25, 0.3) is 0 Å². The highest BCUT2D eigenvalue weighted by atomic mass is 19.1. The van der Waals surface area contributed by atoms with Crippen LogP contribution in [0.25, 0.3) is 93.9 Å². The lowest BCUT2D eigenvalue weighted by atomic mass is 9.83. The van der Waals surface area contributed by atoms with E-state index in [1.807, 2.05) is 12.1 Å². The molecule has 256 valence electrons. The van der Waals surface area contributed by atoms with E-state index in [0.29, 0.717) is 0 Å². The van der Waals surface area contributed by atoms with Crippen molar-refractivity contribution in [1.82, 2.24) is 4.57 Å². The molecule has 55 heavy (non-hydrogen) atoms. The SMILES string of the molecule is Fc1ccc(-n2c3ccccc3c3cc(N(c4ccc5c(c4)-c4c6cccc4-c4cccc-5c4-c4ccccc4-6)c4ccc5ccccc5c4)ccc32)cc1. The molecule has 0 saturated heterocycles. The van der Waals surface area contributed by atoms with Crippen molar-refractivity contribution >= 4 is 49.6 Å². The smallest absolute Gasteiger partial charge is 0.123 e. The van der Waals surface area contributed by atoms with Crippen molar-refractivity contribution in [2.75, 3.05) is 4.90 Å². The molecule has 0 amide bonds. The number of nitrogens with zero attached hydrogens (tertiary/aromatic N) is 2. The zero-order chi connectivity index (χ0) is 36.2. The van der Waals surface area contributed by atoms with E-state index in [1.165, 1.54) is 78.5 Å². The van der Waals surface area contributed by atoms with Gasteiger partial charge < -0.3 is 9.47 Å². The average molecular weight is 703 g/mol. The molecule has 9 aromatic carbocycles. The Kier molecular flexibility index (Phi) is 6.26. The van der Waals surface area contributed by atoms with E-state index < -0.39 is 0 Å². The first kappa shape index (κ1) is 30.3. The highest BCUT2D eigenvalue weighted by molar-refractivity contribution is 6.15. The second-order valence-electron chi connectivity index (χ2n) is 14.6. The summed E-state index contributed by atoms with van der Waals surface area (Å²) in [5.74, 6) is -0.243. The monoisotopic (exact) mass is 702 g/mol. The molecule has 0 fully saturated rings. The molecule has 2 aliphatic rings. The number of benzene rings is 9. The quantitative estimate of drug-likeness (QED) is 0.177. The first-order valence-corrected chi connectivity index (χ1v) is 18.8. The first-order valence-electron chi connectivity index (χ1n) is 18.8. The van der Waals surface area contributed by atoms with Gasteiger partial charge in [-0.25, -0.2) is 4.39 Å². The van der Waals surface area contributed by atoms with E-state index in [0.717, 1.165) is 44.6 Å². The predicted molar refractivity (Wildman–Crippen MR) is 227 cm³/mol. The minimum absolute atomic E-state index is 0.243. The van der Waals surface area contributed by atoms with Crippen LogP contribution in [0.1, 0.15) is 0 Å². The summed E-state index contributed by atoms with van der Waals surface area (Å²) >= 11 is 0. The second kappa shape index (κ2) is 11.4. The molecule has 2 nitrogen and oxygen atoms in total. The van der Waals surface area contributed by atoms with Crippen LogP contribution >= 0.6 is 0 Å². The number of fused-ring (bicyclic) bond motifs is 8. The van der Waals surface area contributed by atoms with E-state index in [1.54, 1.807) is 0 Å². The van der Waals surface area contributed by atoms with Crippen LogP contribution in [0, 0.1) is 5.82 Å². The van der Waals surface area contributed by atoms with Crippen LogP contribution < -0.4 is 4.90 Å². The van der Waals surface area contributed by atoms with E-state index in [-0.39, 0.29) is 5.82 Å². The van der Waals surface area contributed by atoms with Gasteiger partial charge in [-0.1, -0.05) is 115 Å². The van der Waals surface area contributed by atoms with Crippen molar-refractivity contribution in [2.24, 2.45) is 0 Å². The molecular formula is C52H31FN2. The molecule has 0 atom stereocenters. The lowest BCUT2D eigenvalue weighted by molar-refractivity contribution is 0.627. The van der Waals surface area contributed by atoms with Crippen molar-refractivity contribution in [1.29, 1.82) is 0 Å². The van der Waals surface area contributed by atoms with Crippen LogP contribution in [-0.4, -0.2) is 4.57 Å². The van der Waals surface area contributed by atoms with E-state index in [9.17, 15) is 4.39 Å². The maximum Gasteiger partial charge on any atom is 0.123 e. The predicted octanol–water partition coefficient (Wildman–Crippen LogP) is 14.5. The third kappa shape index (κ3) is 4.35. The summed E-state index contributed by atoms with van der Waals surface area (Å²) in [4.78, 5) is 2.40. The minimum Gasteiger partial charge on any atom is -0.310 e. The van der Waals surface area contributed by atoms with Gasteiger partial charge in [0.2, 0.25) is 0 Å². The molecule has 0 spiro atoms. The molecule has 1 aromatic heterocycles. The largest absolute Gasteiger partial charge is 0.310 e. The molecule has 1 heterocycles. The Bertz CT molecular complexity index is 3200. The fourth-order valence-corrected chi connectivity index (χ4v) is 9.36. The summed E-state index contributed by atoms with van der Waals surface area (Å²) < 4.78 is 16.3. The maximum absolute atomic E-state index is 14.1. The minimum atomic E-state index is -0.243. The summed E-state index contributed by atoms with van der Waals surface area (Å²) in [5.41, 5.74) is 19.0. The average Bonchev–Trinajstić information content (AvgIpc) is 3.51. The highest BCUT2D eigenvalue weighted by Gasteiger charge is 2.31. The zero-order valence-corrected chi connectivity index (χ0v) is 29.7. The van der Waals surface area contributed by atoms with Crippen LogP contribution in [0.15, 0.2) is 188 Å². The third-order valence-electron chi connectivity index (χ3n) is 11.7. The normalized spacial score (nSPS) is 12.1. The molecule has 10 aromatic rings. The lowest BCUT2D eigenvalue weighted by Crippen LogP contribution is -2.10. The van der Waals surface area contributed by atoms with Crippen molar-refractivity contribution in [3.8, 4) is 61.3 Å². The molecule has 0 saturated carbocycles. The Balaban J connectivity index is 1.13. The van der Waals surface area contributed by atoms with Crippen LogP contribution in [0.2, 0.25) is 0 Å². The van der Waals surface area contributed by atoms with E-state index in [4.69, 9.17) is 0 Å². The molecular weight excluding hydrogens is 672 g/mol. The zero-order valence-electron chi connectivity index (χ0n) is 29.7. The Morgan fingerprint density at radius 2 is 0.891 bits per heavy atom. The van der Waals surface area contributed by atoms with Crippen molar-refractivity contribution in [2.45, 2.75) is 0 Å². The van der Waals surface area contributed by atoms with Gasteiger partial charge in [0, 0.05) is 33.5 Å². The Morgan fingerprint density at radius 1 is 0.345 bits per heavy atom. The van der Waals surface area contributed by atoms with Gasteiger partial charge in [-0.05, 0) is 139 Å². The molecule has 12 rings (SSSR count). The van der Waals surface area contributed by atoms with Gasteiger partial charge in [0.05, 0.1) is 11.0 Å². The summed E-state index contributed by atoms with van der Waals surface area (Å²) in [7, 11) is 0. The Morgan fingerprint density at radius 3 is 1.69 bits per heavy atom. The van der Waals surface area contributed by atoms with Crippen molar-refractivity contribution in [3.05, 3.63) is 194 Å². The topological polar surface area (TPSA) is 8.17 Å². The van der Waals surface area contributed by atoms with Crippen LogP contribution in [0.4, 0.5) is 21.5 Å².